The Balaban J connectivity index is 2.09. The van der Waals surface area contributed by atoms with Gasteiger partial charge in [0.1, 0.15) is 12.4 Å². The minimum absolute atomic E-state index is 0.361. The molecule has 1 aromatic carbocycles. The van der Waals surface area contributed by atoms with E-state index in [1.165, 1.54) is 4.68 Å². The van der Waals surface area contributed by atoms with Crippen molar-refractivity contribution in [2.24, 2.45) is 5.10 Å². The minimum Gasteiger partial charge on any atom is -0.546 e. The first kappa shape index (κ1) is 14.2. The number of carboxylic acids is 1. The van der Waals surface area contributed by atoms with E-state index in [1.807, 2.05) is 0 Å². The molecule has 2 rings (SSSR count). The van der Waals surface area contributed by atoms with Gasteiger partial charge < -0.3 is 14.6 Å². The number of aromatic nitrogens is 3. The number of hydrogen-bond donors (Lipinski definition) is 2. The highest BCUT2D eigenvalue weighted by Crippen LogP contribution is 2.10. The van der Waals surface area contributed by atoms with E-state index >= 15 is 0 Å². The van der Waals surface area contributed by atoms with Crippen LogP contribution in [0.25, 0.3) is 0 Å². The number of aliphatic carboxylic acids is 1. The van der Waals surface area contributed by atoms with E-state index in [-0.39, 0.29) is 0 Å². The third-order valence-electron chi connectivity index (χ3n) is 2.22. The lowest BCUT2D eigenvalue weighted by Crippen LogP contribution is -2.28. The molecular formula is C11H9N4O3S2-. The summed E-state index contributed by atoms with van der Waals surface area (Å²) in [5, 5.41) is 19.7. The summed E-state index contributed by atoms with van der Waals surface area (Å²) in [4.78, 5) is 10.3. The molecule has 0 bridgehead atoms. The molecule has 0 atom stereocenters. The highest BCUT2D eigenvalue weighted by molar-refractivity contribution is 7.72. The zero-order chi connectivity index (χ0) is 14.5. The number of H-pyrrole nitrogens is 2. The quantitative estimate of drug-likeness (QED) is 0.623. The van der Waals surface area contributed by atoms with Gasteiger partial charge in [-0.25, -0.2) is 0 Å². The summed E-state index contributed by atoms with van der Waals surface area (Å²) < 4.78 is 7.04. The molecule has 0 amide bonds. The van der Waals surface area contributed by atoms with Crippen LogP contribution >= 0.6 is 24.4 Å². The number of rotatable bonds is 5. The van der Waals surface area contributed by atoms with E-state index in [9.17, 15) is 9.90 Å². The molecule has 9 heteroatoms. The Morgan fingerprint density at radius 2 is 1.90 bits per heavy atom. The van der Waals surface area contributed by atoms with Gasteiger partial charge in [0.25, 0.3) is 0 Å². The Labute approximate surface area is 123 Å². The third-order valence-corrected chi connectivity index (χ3v) is 2.77. The molecule has 0 aliphatic carbocycles. The molecule has 0 aliphatic rings. The van der Waals surface area contributed by atoms with Crippen LogP contribution in [0.4, 0.5) is 0 Å². The maximum Gasteiger partial charge on any atom is 0.215 e. The molecule has 1 aromatic heterocycles. The van der Waals surface area contributed by atoms with Crippen LogP contribution in [-0.2, 0) is 4.79 Å². The molecule has 104 valence electrons. The number of carbonyl (C=O) groups excluding carboxylic acids is 1. The van der Waals surface area contributed by atoms with E-state index in [4.69, 9.17) is 29.2 Å². The van der Waals surface area contributed by atoms with E-state index in [0.29, 0.717) is 15.3 Å². The summed E-state index contributed by atoms with van der Waals surface area (Å²) in [6.45, 7) is -0.485. The first-order chi connectivity index (χ1) is 9.56. The molecule has 0 spiro atoms. The molecule has 0 radical (unpaired) electrons. The molecule has 7 nitrogen and oxygen atoms in total. The Morgan fingerprint density at radius 1 is 1.30 bits per heavy atom. The van der Waals surface area contributed by atoms with Crippen molar-refractivity contribution in [2.75, 3.05) is 6.61 Å². The van der Waals surface area contributed by atoms with Gasteiger partial charge in [-0.05, 0) is 54.3 Å². The lowest BCUT2D eigenvalue weighted by Gasteiger charge is -2.06. The van der Waals surface area contributed by atoms with Gasteiger partial charge in [0.15, 0.2) is 0 Å². The van der Waals surface area contributed by atoms with Crippen LogP contribution in [0.3, 0.4) is 0 Å². The Hall–Kier alpha value is -2.26. The Kier molecular flexibility index (Phi) is 4.43. The number of aromatic amines is 2. The fraction of sp³-hybridized carbons (Fsp3) is 0.0909. The summed E-state index contributed by atoms with van der Waals surface area (Å²) in [7, 11) is 0. The zero-order valence-electron chi connectivity index (χ0n) is 10.0. The van der Waals surface area contributed by atoms with Crippen molar-refractivity contribution in [1.82, 2.24) is 14.9 Å². The molecule has 2 aromatic rings. The predicted molar refractivity (Wildman–Crippen MR) is 74.7 cm³/mol. The molecule has 0 unspecified atom stereocenters. The van der Waals surface area contributed by atoms with Crippen LogP contribution in [0, 0.1) is 9.54 Å². The van der Waals surface area contributed by atoms with Crippen molar-refractivity contribution in [3.05, 3.63) is 39.4 Å². The van der Waals surface area contributed by atoms with Crippen molar-refractivity contribution in [3.8, 4) is 5.75 Å². The summed E-state index contributed by atoms with van der Waals surface area (Å²) >= 11 is 9.96. The summed E-state index contributed by atoms with van der Waals surface area (Å²) in [5.41, 5.74) is 0.781. The highest BCUT2D eigenvalue weighted by atomic mass is 32.1. The molecule has 0 aliphatic heterocycles. The predicted octanol–water partition coefficient (Wildman–Crippen LogP) is 0.614. The van der Waals surface area contributed by atoms with Crippen LogP contribution in [0.15, 0.2) is 29.4 Å². The second kappa shape index (κ2) is 6.26. The van der Waals surface area contributed by atoms with Gasteiger partial charge in [-0.15, -0.1) is 0 Å². The van der Waals surface area contributed by atoms with E-state index in [2.05, 4.69) is 15.3 Å². The molecule has 20 heavy (non-hydrogen) atoms. The van der Waals surface area contributed by atoms with Crippen LogP contribution in [0.5, 0.6) is 5.75 Å². The van der Waals surface area contributed by atoms with Crippen molar-refractivity contribution in [2.45, 2.75) is 0 Å². The second-order valence-electron chi connectivity index (χ2n) is 3.65. The summed E-state index contributed by atoms with van der Waals surface area (Å²) in [6, 6.07) is 6.69. The third kappa shape index (κ3) is 3.62. The number of nitrogens with one attached hydrogen (secondary N) is 2. The average molecular weight is 309 g/mol. The number of carbonyl (C=O) groups is 1. The highest BCUT2D eigenvalue weighted by Gasteiger charge is 1.96. The number of nitrogens with zero attached hydrogens (tertiary/aromatic N) is 2. The van der Waals surface area contributed by atoms with Crippen LogP contribution in [0.2, 0.25) is 0 Å². The normalized spacial score (nSPS) is 10.8. The molecule has 1 heterocycles. The molecule has 0 fully saturated rings. The topological polar surface area (TPSA) is 98.2 Å². The lowest BCUT2D eigenvalue weighted by molar-refractivity contribution is -0.307. The van der Waals surface area contributed by atoms with Gasteiger partial charge in [0, 0.05) is 0 Å². The van der Waals surface area contributed by atoms with Crippen molar-refractivity contribution >= 4 is 36.6 Å². The SMILES string of the molecule is O=C([O-])COc1ccc(/C=N\n2c(=S)[nH][nH]c2=S)cc1. The standard InChI is InChI=1S/C11H10N4O3S2/c16-9(17)6-18-8-3-1-7(2-4-8)5-12-15-10(19)13-14-11(15)20/h1-5H,6H2,(H,13,19)(H,14,20)(H,16,17)/p-1/b12-5-. The number of hydrogen-bond acceptors (Lipinski definition) is 6. The van der Waals surface area contributed by atoms with E-state index < -0.39 is 12.6 Å². The maximum atomic E-state index is 10.3. The summed E-state index contributed by atoms with van der Waals surface area (Å²) in [6.07, 6.45) is 1.57. The van der Waals surface area contributed by atoms with Crippen molar-refractivity contribution in [1.29, 1.82) is 0 Å². The monoisotopic (exact) mass is 309 g/mol. The van der Waals surface area contributed by atoms with E-state index in [1.54, 1.807) is 30.5 Å². The summed E-state index contributed by atoms with van der Waals surface area (Å²) in [5.74, 6) is -0.839. The Bertz CT molecular complexity index is 715. The van der Waals surface area contributed by atoms with Crippen LogP contribution in [-0.4, -0.2) is 33.7 Å². The fourth-order valence-corrected chi connectivity index (χ4v) is 1.76. The van der Waals surface area contributed by atoms with Gasteiger partial charge in [-0.3, -0.25) is 10.2 Å². The van der Waals surface area contributed by atoms with Crippen molar-refractivity contribution in [3.63, 3.8) is 0 Å². The van der Waals surface area contributed by atoms with Gasteiger partial charge in [0.2, 0.25) is 9.54 Å². The molecule has 0 saturated heterocycles. The van der Waals surface area contributed by atoms with Gasteiger partial charge >= 0.3 is 0 Å². The van der Waals surface area contributed by atoms with Crippen LogP contribution in [0.1, 0.15) is 5.56 Å². The average Bonchev–Trinajstić information content (AvgIpc) is 2.75. The second-order valence-corrected chi connectivity index (χ2v) is 4.42. The lowest BCUT2D eigenvalue weighted by atomic mass is 10.2. The largest absolute Gasteiger partial charge is 0.546 e. The molecule has 0 saturated carbocycles. The maximum absolute atomic E-state index is 10.3. The fourth-order valence-electron chi connectivity index (χ4n) is 1.33. The van der Waals surface area contributed by atoms with Gasteiger partial charge in [0.05, 0.1) is 12.2 Å². The smallest absolute Gasteiger partial charge is 0.215 e. The number of ether oxygens (including phenoxy) is 1. The Morgan fingerprint density at radius 3 is 2.45 bits per heavy atom. The first-order valence-corrected chi connectivity index (χ1v) is 6.24. The minimum atomic E-state index is -1.27. The van der Waals surface area contributed by atoms with Crippen molar-refractivity contribution < 1.29 is 14.6 Å². The zero-order valence-corrected chi connectivity index (χ0v) is 11.7. The van der Waals surface area contributed by atoms with E-state index in [0.717, 1.165) is 5.56 Å². The number of benzene rings is 1. The molecule has 2 N–H and O–H groups in total. The molecular weight excluding hydrogens is 300 g/mol. The van der Waals surface area contributed by atoms with Gasteiger partial charge in [-0.1, -0.05) is 0 Å². The van der Waals surface area contributed by atoms with Crippen LogP contribution < -0.4 is 9.84 Å². The number of carboxylic acid groups (broad SMARTS) is 1. The first-order valence-electron chi connectivity index (χ1n) is 5.43. The van der Waals surface area contributed by atoms with Gasteiger partial charge in [-0.2, -0.15) is 9.78 Å².